The van der Waals surface area contributed by atoms with Gasteiger partial charge in [0.1, 0.15) is 12.1 Å². The number of nitrogens with zero attached hydrogens (tertiary/aromatic N) is 1. The number of pyridine rings is 1. The Balaban J connectivity index is 2.17. The predicted octanol–water partition coefficient (Wildman–Crippen LogP) is 3.66. The average molecular weight is 266 g/mol. The van der Waals surface area contributed by atoms with E-state index < -0.39 is 11.7 Å². The monoisotopic (exact) mass is 266 g/mol. The van der Waals surface area contributed by atoms with Gasteiger partial charge in [-0.25, -0.2) is 4.98 Å². The maximum atomic E-state index is 12.4. The minimum Gasteiger partial charge on any atom is -0.340 e. The molecule has 0 aliphatic rings. The quantitative estimate of drug-likeness (QED) is 0.862. The number of aldehydes is 1. The number of hydrogen-bond acceptors (Lipinski definition) is 3. The summed E-state index contributed by atoms with van der Waals surface area (Å²) in [6.45, 7) is 0. The molecule has 0 aliphatic heterocycles. The van der Waals surface area contributed by atoms with E-state index >= 15 is 0 Å². The number of hydrogen-bond donors (Lipinski definition) is 1. The molecule has 0 saturated carbocycles. The number of halogens is 3. The molecule has 0 bridgehead atoms. The Kier molecular flexibility index (Phi) is 3.50. The Morgan fingerprint density at radius 3 is 2.37 bits per heavy atom. The molecule has 6 heteroatoms. The molecule has 0 unspecified atom stereocenters. The van der Waals surface area contributed by atoms with Crippen LogP contribution in [0.1, 0.15) is 15.9 Å². The Morgan fingerprint density at radius 2 is 1.79 bits per heavy atom. The van der Waals surface area contributed by atoms with Gasteiger partial charge in [0.05, 0.1) is 5.56 Å². The van der Waals surface area contributed by atoms with Gasteiger partial charge in [-0.05, 0) is 36.4 Å². The largest absolute Gasteiger partial charge is 0.416 e. The lowest BCUT2D eigenvalue weighted by atomic mass is 10.2. The molecule has 3 nitrogen and oxygen atoms in total. The predicted molar refractivity (Wildman–Crippen MR) is 64.4 cm³/mol. The van der Waals surface area contributed by atoms with Gasteiger partial charge >= 0.3 is 6.18 Å². The highest BCUT2D eigenvalue weighted by Gasteiger charge is 2.29. The Bertz CT molecular complexity index is 579. The van der Waals surface area contributed by atoms with Crippen LogP contribution in [-0.4, -0.2) is 11.3 Å². The molecule has 2 aromatic rings. The summed E-state index contributed by atoms with van der Waals surface area (Å²) < 4.78 is 37.1. The molecule has 0 saturated heterocycles. The van der Waals surface area contributed by atoms with Gasteiger partial charge in [0.2, 0.25) is 0 Å². The second kappa shape index (κ2) is 5.09. The molecule has 0 fully saturated rings. The van der Waals surface area contributed by atoms with Crippen molar-refractivity contribution in [3.05, 3.63) is 53.7 Å². The average Bonchev–Trinajstić information content (AvgIpc) is 2.38. The summed E-state index contributed by atoms with van der Waals surface area (Å²) in [5, 5.41) is 2.82. The van der Waals surface area contributed by atoms with E-state index in [1.807, 2.05) is 0 Å². The van der Waals surface area contributed by atoms with E-state index in [2.05, 4.69) is 10.3 Å². The van der Waals surface area contributed by atoms with Crippen LogP contribution < -0.4 is 5.32 Å². The molecule has 0 atom stereocenters. The molecule has 98 valence electrons. The van der Waals surface area contributed by atoms with Crippen LogP contribution in [0.2, 0.25) is 0 Å². The van der Waals surface area contributed by atoms with Crippen molar-refractivity contribution in [3.63, 3.8) is 0 Å². The summed E-state index contributed by atoms with van der Waals surface area (Å²) in [5.41, 5.74) is 0.181. The summed E-state index contributed by atoms with van der Waals surface area (Å²) in [7, 11) is 0. The number of nitrogens with one attached hydrogen (secondary N) is 1. The van der Waals surface area contributed by atoms with Gasteiger partial charge in [-0.2, -0.15) is 13.2 Å². The van der Waals surface area contributed by atoms with E-state index in [9.17, 15) is 18.0 Å². The van der Waals surface area contributed by atoms with Crippen LogP contribution in [0.4, 0.5) is 24.7 Å². The van der Waals surface area contributed by atoms with Crippen LogP contribution >= 0.6 is 0 Å². The van der Waals surface area contributed by atoms with Gasteiger partial charge < -0.3 is 5.32 Å². The Morgan fingerprint density at radius 1 is 1.11 bits per heavy atom. The zero-order valence-electron chi connectivity index (χ0n) is 9.61. The summed E-state index contributed by atoms with van der Waals surface area (Å²) in [6, 6.07) is 7.60. The van der Waals surface area contributed by atoms with Gasteiger partial charge in [-0.1, -0.05) is 0 Å². The SMILES string of the molecule is O=Cc1ccnc(Nc2ccc(C(F)(F)F)cc2)c1. The number of carbonyl (C=O) groups excluding carboxylic acids is 1. The number of rotatable bonds is 3. The lowest BCUT2D eigenvalue weighted by Crippen LogP contribution is -2.04. The Hall–Kier alpha value is -2.37. The summed E-state index contributed by atoms with van der Waals surface area (Å²) in [5.74, 6) is 0.393. The maximum Gasteiger partial charge on any atom is 0.416 e. The van der Waals surface area contributed by atoms with Crippen molar-refractivity contribution in [2.75, 3.05) is 5.32 Å². The number of alkyl halides is 3. The number of anilines is 2. The van der Waals surface area contributed by atoms with Gasteiger partial charge in [-0.15, -0.1) is 0 Å². The van der Waals surface area contributed by atoms with Crippen LogP contribution in [0, 0.1) is 0 Å². The summed E-state index contributed by atoms with van der Waals surface area (Å²) >= 11 is 0. The third-order valence-corrected chi connectivity index (χ3v) is 2.40. The highest BCUT2D eigenvalue weighted by Crippen LogP contribution is 2.30. The molecular weight excluding hydrogens is 257 g/mol. The first-order valence-electron chi connectivity index (χ1n) is 5.34. The third kappa shape index (κ3) is 3.31. The number of carbonyl (C=O) groups is 1. The first-order chi connectivity index (χ1) is 8.99. The van der Waals surface area contributed by atoms with Gasteiger partial charge in [0, 0.05) is 17.4 Å². The van der Waals surface area contributed by atoms with E-state index in [4.69, 9.17) is 0 Å². The first-order valence-corrected chi connectivity index (χ1v) is 5.34. The van der Waals surface area contributed by atoms with E-state index in [0.717, 1.165) is 12.1 Å². The third-order valence-electron chi connectivity index (χ3n) is 2.40. The topological polar surface area (TPSA) is 42.0 Å². The molecule has 1 aromatic heterocycles. The van der Waals surface area contributed by atoms with Crippen molar-refractivity contribution in [2.45, 2.75) is 6.18 Å². The lowest BCUT2D eigenvalue weighted by Gasteiger charge is -2.09. The van der Waals surface area contributed by atoms with Crippen LogP contribution in [-0.2, 0) is 6.18 Å². The van der Waals surface area contributed by atoms with E-state index in [1.165, 1.54) is 30.5 Å². The zero-order valence-corrected chi connectivity index (χ0v) is 9.61. The van der Waals surface area contributed by atoms with Crippen molar-refractivity contribution in [1.29, 1.82) is 0 Å². The molecule has 19 heavy (non-hydrogen) atoms. The van der Waals surface area contributed by atoms with E-state index in [1.54, 1.807) is 0 Å². The summed E-state index contributed by atoms with van der Waals surface area (Å²) in [4.78, 5) is 14.5. The molecule has 2 rings (SSSR count). The summed E-state index contributed by atoms with van der Waals surface area (Å²) in [6.07, 6.45) is -2.25. The highest BCUT2D eigenvalue weighted by molar-refractivity contribution is 5.76. The fraction of sp³-hybridized carbons (Fsp3) is 0.0769. The fourth-order valence-electron chi connectivity index (χ4n) is 1.48. The first kappa shape index (κ1) is 13.1. The second-order valence-corrected chi connectivity index (χ2v) is 3.79. The van der Waals surface area contributed by atoms with E-state index in [-0.39, 0.29) is 0 Å². The number of aromatic nitrogens is 1. The molecule has 1 aromatic carbocycles. The van der Waals surface area contributed by atoms with E-state index in [0.29, 0.717) is 23.4 Å². The minimum atomic E-state index is -4.35. The molecule has 0 aliphatic carbocycles. The molecule has 0 spiro atoms. The molecular formula is C13H9F3N2O. The van der Waals surface area contributed by atoms with Gasteiger partial charge in [-0.3, -0.25) is 4.79 Å². The molecule has 0 amide bonds. The molecule has 1 N–H and O–H groups in total. The molecule has 0 radical (unpaired) electrons. The smallest absolute Gasteiger partial charge is 0.340 e. The number of benzene rings is 1. The van der Waals surface area contributed by atoms with Crippen molar-refractivity contribution in [2.24, 2.45) is 0 Å². The standard InChI is InChI=1S/C13H9F3N2O/c14-13(15,16)10-1-3-11(4-2-10)18-12-7-9(8-19)5-6-17-12/h1-8H,(H,17,18). The van der Waals surface area contributed by atoms with Crippen LogP contribution in [0.5, 0.6) is 0 Å². The lowest BCUT2D eigenvalue weighted by molar-refractivity contribution is -0.137. The van der Waals surface area contributed by atoms with Gasteiger partial charge in [0.15, 0.2) is 0 Å². The van der Waals surface area contributed by atoms with Crippen LogP contribution in [0.25, 0.3) is 0 Å². The maximum absolute atomic E-state index is 12.4. The fourth-order valence-corrected chi connectivity index (χ4v) is 1.48. The van der Waals surface area contributed by atoms with Crippen LogP contribution in [0.3, 0.4) is 0 Å². The Labute approximate surface area is 107 Å². The molecule has 1 heterocycles. The van der Waals surface area contributed by atoms with Crippen molar-refractivity contribution in [3.8, 4) is 0 Å². The van der Waals surface area contributed by atoms with Gasteiger partial charge in [0.25, 0.3) is 0 Å². The zero-order chi connectivity index (χ0) is 13.9. The van der Waals surface area contributed by atoms with Crippen molar-refractivity contribution < 1.29 is 18.0 Å². The second-order valence-electron chi connectivity index (χ2n) is 3.79. The van der Waals surface area contributed by atoms with Crippen LogP contribution in [0.15, 0.2) is 42.6 Å². The highest BCUT2D eigenvalue weighted by atomic mass is 19.4. The van der Waals surface area contributed by atoms with Crippen molar-refractivity contribution >= 4 is 17.8 Å². The van der Waals surface area contributed by atoms with Crippen molar-refractivity contribution in [1.82, 2.24) is 4.98 Å². The minimum absolute atomic E-state index is 0.393. The normalized spacial score (nSPS) is 11.1.